The number of hydrogen-bond donors (Lipinski definition) is 2. The normalized spacial score (nSPS) is 10.6. The number of fused-ring (bicyclic) bond motifs is 1. The van der Waals surface area contributed by atoms with Crippen LogP contribution in [0.3, 0.4) is 0 Å². The molecule has 1 aromatic heterocycles. The average Bonchev–Trinajstić information content (AvgIpc) is 2.85. The number of esters is 1. The van der Waals surface area contributed by atoms with Gasteiger partial charge in [-0.1, -0.05) is 30.3 Å². The molecule has 0 aliphatic heterocycles. The second-order valence-corrected chi connectivity index (χ2v) is 7.89. The maximum Gasteiger partial charge on any atom is 0.340 e. The highest BCUT2D eigenvalue weighted by molar-refractivity contribution is 5.97. The van der Waals surface area contributed by atoms with E-state index in [0.29, 0.717) is 28.9 Å². The smallest absolute Gasteiger partial charge is 0.340 e. The van der Waals surface area contributed by atoms with Gasteiger partial charge in [-0.2, -0.15) is 0 Å². The minimum absolute atomic E-state index is 0.0136. The van der Waals surface area contributed by atoms with Crippen LogP contribution in [0, 0.1) is 10.1 Å². The first kappa shape index (κ1) is 24.1. The van der Waals surface area contributed by atoms with Crippen molar-refractivity contribution in [3.05, 3.63) is 110 Å². The van der Waals surface area contributed by atoms with Gasteiger partial charge in [0.15, 0.2) is 0 Å². The first-order chi connectivity index (χ1) is 17.3. The molecule has 10 nitrogen and oxygen atoms in total. The molecular formula is C26H21N3O7. The maximum absolute atomic E-state index is 13.0. The zero-order valence-corrected chi connectivity index (χ0v) is 19.1. The van der Waals surface area contributed by atoms with E-state index in [-0.39, 0.29) is 29.3 Å². The minimum Gasteiger partial charge on any atom is -0.457 e. The van der Waals surface area contributed by atoms with E-state index in [2.05, 4.69) is 10.6 Å². The van der Waals surface area contributed by atoms with Crippen LogP contribution in [0.25, 0.3) is 11.0 Å². The topological polar surface area (TPSA) is 141 Å². The minimum atomic E-state index is -0.800. The molecule has 0 radical (unpaired) electrons. The molecule has 4 rings (SSSR count). The highest BCUT2D eigenvalue weighted by Crippen LogP contribution is 2.26. The number of amides is 1. The SMILES string of the molecule is CC(=O)Nc1ccc2c(COC(=O)c3cc([N+](=O)[O-])ccc3NCc3ccccc3)cc(=O)oc2c1. The molecule has 3 aromatic carbocycles. The van der Waals surface area contributed by atoms with E-state index in [4.69, 9.17) is 9.15 Å². The summed E-state index contributed by atoms with van der Waals surface area (Å²) in [7, 11) is 0. The first-order valence-corrected chi connectivity index (χ1v) is 10.9. The number of nitro groups is 1. The van der Waals surface area contributed by atoms with Crippen molar-refractivity contribution in [3.8, 4) is 0 Å². The Labute approximate surface area is 204 Å². The summed E-state index contributed by atoms with van der Waals surface area (Å²) in [4.78, 5) is 47.1. The summed E-state index contributed by atoms with van der Waals surface area (Å²) in [5.74, 6) is -1.08. The number of benzene rings is 3. The third kappa shape index (κ3) is 5.73. The van der Waals surface area contributed by atoms with Crippen LogP contribution >= 0.6 is 0 Å². The Morgan fingerprint density at radius 3 is 2.53 bits per heavy atom. The number of nitrogens with zero attached hydrogens (tertiary/aromatic N) is 1. The van der Waals surface area contributed by atoms with Gasteiger partial charge in [0.05, 0.1) is 10.5 Å². The van der Waals surface area contributed by atoms with Crippen LogP contribution < -0.4 is 16.3 Å². The van der Waals surface area contributed by atoms with E-state index in [1.54, 1.807) is 12.1 Å². The van der Waals surface area contributed by atoms with E-state index in [1.807, 2.05) is 30.3 Å². The van der Waals surface area contributed by atoms with Crippen LogP contribution in [0.15, 0.2) is 82.0 Å². The number of carbonyl (C=O) groups is 2. The van der Waals surface area contributed by atoms with Crippen LogP contribution in [0.5, 0.6) is 0 Å². The second kappa shape index (κ2) is 10.5. The van der Waals surface area contributed by atoms with Crippen LogP contribution in [0.1, 0.15) is 28.4 Å². The molecule has 10 heteroatoms. The summed E-state index contributed by atoms with van der Waals surface area (Å²) in [5, 5.41) is 17.5. The molecule has 0 aliphatic rings. The Kier molecular flexibility index (Phi) is 7.05. The number of ether oxygens (including phenoxy) is 1. The Hall–Kier alpha value is -4.99. The van der Waals surface area contributed by atoms with E-state index < -0.39 is 16.5 Å². The zero-order valence-electron chi connectivity index (χ0n) is 19.1. The van der Waals surface area contributed by atoms with E-state index in [9.17, 15) is 24.5 Å². The number of nitro benzene ring substituents is 1. The molecule has 0 saturated carbocycles. The van der Waals surface area contributed by atoms with Crippen molar-refractivity contribution < 1.29 is 23.7 Å². The van der Waals surface area contributed by atoms with Crippen LogP contribution in [0.2, 0.25) is 0 Å². The monoisotopic (exact) mass is 487 g/mol. The zero-order chi connectivity index (χ0) is 25.7. The van der Waals surface area contributed by atoms with Crippen LogP contribution in [0.4, 0.5) is 17.1 Å². The molecule has 0 bridgehead atoms. The van der Waals surface area contributed by atoms with Crippen molar-refractivity contribution in [1.29, 1.82) is 0 Å². The molecule has 4 aromatic rings. The van der Waals surface area contributed by atoms with E-state index in [0.717, 1.165) is 11.6 Å². The third-order valence-electron chi connectivity index (χ3n) is 5.27. The summed E-state index contributed by atoms with van der Waals surface area (Å²) in [6.45, 7) is 1.47. The predicted molar refractivity (Wildman–Crippen MR) is 133 cm³/mol. The number of nitrogens with one attached hydrogen (secondary N) is 2. The summed E-state index contributed by atoms with van der Waals surface area (Å²) in [6.07, 6.45) is 0. The fourth-order valence-electron chi connectivity index (χ4n) is 3.61. The predicted octanol–water partition coefficient (Wildman–Crippen LogP) is 4.63. The van der Waals surface area contributed by atoms with E-state index in [1.165, 1.54) is 31.2 Å². The molecule has 1 amide bonds. The lowest BCUT2D eigenvalue weighted by Crippen LogP contribution is -2.12. The summed E-state index contributed by atoms with van der Waals surface area (Å²) in [5.41, 5.74) is 1.42. The Balaban J connectivity index is 1.58. The van der Waals surface area contributed by atoms with Gasteiger partial charge < -0.3 is 19.8 Å². The molecule has 0 saturated heterocycles. The average molecular weight is 487 g/mol. The second-order valence-electron chi connectivity index (χ2n) is 7.89. The maximum atomic E-state index is 13.0. The fourth-order valence-corrected chi connectivity index (χ4v) is 3.61. The molecular weight excluding hydrogens is 466 g/mol. The third-order valence-corrected chi connectivity index (χ3v) is 5.27. The van der Waals surface area contributed by atoms with Crippen LogP contribution in [-0.2, 0) is 22.7 Å². The number of anilines is 2. The highest BCUT2D eigenvalue weighted by Gasteiger charge is 2.19. The molecule has 0 spiro atoms. The summed E-state index contributed by atoms with van der Waals surface area (Å²) in [6, 6.07) is 19.3. The molecule has 0 unspecified atom stereocenters. The molecule has 36 heavy (non-hydrogen) atoms. The Morgan fingerprint density at radius 2 is 1.81 bits per heavy atom. The first-order valence-electron chi connectivity index (χ1n) is 10.9. The molecule has 0 atom stereocenters. The van der Waals surface area contributed by atoms with Crippen molar-refractivity contribution in [3.63, 3.8) is 0 Å². The van der Waals surface area contributed by atoms with Crippen molar-refractivity contribution in [2.45, 2.75) is 20.1 Å². The van der Waals surface area contributed by atoms with Crippen molar-refractivity contribution in [1.82, 2.24) is 0 Å². The quantitative estimate of drug-likeness (QED) is 0.159. The Morgan fingerprint density at radius 1 is 1.03 bits per heavy atom. The lowest BCUT2D eigenvalue weighted by molar-refractivity contribution is -0.384. The summed E-state index contributed by atoms with van der Waals surface area (Å²) >= 11 is 0. The molecule has 182 valence electrons. The van der Waals surface area contributed by atoms with Gasteiger partial charge in [0.2, 0.25) is 5.91 Å². The van der Waals surface area contributed by atoms with Gasteiger partial charge in [0.1, 0.15) is 12.2 Å². The lowest BCUT2D eigenvalue weighted by Gasteiger charge is -2.13. The highest BCUT2D eigenvalue weighted by atomic mass is 16.6. The van der Waals surface area contributed by atoms with Gasteiger partial charge in [0, 0.05) is 60.1 Å². The fraction of sp³-hybridized carbons (Fsp3) is 0.115. The van der Waals surface area contributed by atoms with Crippen molar-refractivity contribution in [2.75, 3.05) is 10.6 Å². The van der Waals surface area contributed by atoms with Gasteiger partial charge >= 0.3 is 11.6 Å². The van der Waals surface area contributed by atoms with Gasteiger partial charge in [-0.3, -0.25) is 14.9 Å². The van der Waals surface area contributed by atoms with Crippen molar-refractivity contribution in [2.24, 2.45) is 0 Å². The van der Waals surface area contributed by atoms with E-state index >= 15 is 0 Å². The molecule has 0 fully saturated rings. The Bertz CT molecular complexity index is 1510. The number of rotatable bonds is 8. The molecule has 1 heterocycles. The number of non-ortho nitro benzene ring substituents is 1. The van der Waals surface area contributed by atoms with Gasteiger partial charge in [-0.25, -0.2) is 9.59 Å². The lowest BCUT2D eigenvalue weighted by atomic mass is 10.1. The molecule has 0 aliphatic carbocycles. The molecule has 2 N–H and O–H groups in total. The number of carbonyl (C=O) groups excluding carboxylic acids is 2. The summed E-state index contributed by atoms with van der Waals surface area (Å²) < 4.78 is 10.7. The number of hydrogen-bond acceptors (Lipinski definition) is 8. The van der Waals surface area contributed by atoms with Crippen LogP contribution in [-0.4, -0.2) is 16.8 Å². The van der Waals surface area contributed by atoms with Gasteiger partial charge in [-0.15, -0.1) is 0 Å². The van der Waals surface area contributed by atoms with Gasteiger partial charge in [-0.05, 0) is 23.8 Å². The largest absolute Gasteiger partial charge is 0.457 e. The van der Waals surface area contributed by atoms with Crippen molar-refractivity contribution >= 4 is 39.9 Å². The van der Waals surface area contributed by atoms with Gasteiger partial charge in [0.25, 0.3) is 5.69 Å². The standard InChI is InChI=1S/C26H21N3O7/c1-16(30)28-19-7-9-21-18(11-25(31)36-24(21)12-19)15-35-26(32)22-13-20(29(33)34)8-10-23(22)27-14-17-5-3-2-4-6-17/h2-13,27H,14-15H2,1H3,(H,28,30).